The van der Waals surface area contributed by atoms with Gasteiger partial charge in [-0.15, -0.1) is 6.58 Å². The molecule has 4 heteroatoms. The molecule has 1 aromatic carbocycles. The van der Waals surface area contributed by atoms with Gasteiger partial charge in [0.25, 0.3) is 0 Å². The lowest BCUT2D eigenvalue weighted by molar-refractivity contribution is 0.381. The van der Waals surface area contributed by atoms with Crippen LogP contribution >= 0.6 is 12.2 Å². The SMILES string of the molecule is C=CCNC(=S)N1CCN(c2ccc(C)cc2C)CC1. The monoisotopic (exact) mass is 289 g/mol. The van der Waals surface area contributed by atoms with Gasteiger partial charge in [-0.2, -0.15) is 0 Å². The molecule has 1 aromatic rings. The molecule has 0 bridgehead atoms. The second kappa shape index (κ2) is 6.75. The highest BCUT2D eigenvalue weighted by Crippen LogP contribution is 2.22. The van der Waals surface area contributed by atoms with Crippen LogP contribution in [-0.4, -0.2) is 42.7 Å². The van der Waals surface area contributed by atoms with Crippen LogP contribution in [0.2, 0.25) is 0 Å². The van der Waals surface area contributed by atoms with Crippen molar-refractivity contribution in [1.29, 1.82) is 0 Å². The molecule has 1 saturated heterocycles. The number of nitrogens with one attached hydrogen (secondary N) is 1. The van der Waals surface area contributed by atoms with Gasteiger partial charge in [0.15, 0.2) is 5.11 Å². The van der Waals surface area contributed by atoms with Crippen LogP contribution in [0.4, 0.5) is 5.69 Å². The lowest BCUT2D eigenvalue weighted by atomic mass is 10.1. The summed E-state index contributed by atoms with van der Waals surface area (Å²) < 4.78 is 0. The fourth-order valence-corrected chi connectivity index (χ4v) is 2.85. The Morgan fingerprint density at radius 3 is 2.60 bits per heavy atom. The Kier molecular flexibility index (Phi) is 5.01. The van der Waals surface area contributed by atoms with Gasteiger partial charge in [-0.3, -0.25) is 0 Å². The first-order valence-electron chi connectivity index (χ1n) is 7.07. The van der Waals surface area contributed by atoms with Gasteiger partial charge < -0.3 is 15.1 Å². The van der Waals surface area contributed by atoms with Crippen molar-refractivity contribution in [2.75, 3.05) is 37.6 Å². The van der Waals surface area contributed by atoms with Crippen LogP contribution in [0.3, 0.4) is 0 Å². The van der Waals surface area contributed by atoms with Crippen LogP contribution in [0.25, 0.3) is 0 Å². The first-order valence-corrected chi connectivity index (χ1v) is 7.48. The zero-order chi connectivity index (χ0) is 14.5. The summed E-state index contributed by atoms with van der Waals surface area (Å²) in [6.45, 7) is 12.7. The predicted molar refractivity (Wildman–Crippen MR) is 90.5 cm³/mol. The third kappa shape index (κ3) is 3.51. The number of nitrogens with zero attached hydrogens (tertiary/aromatic N) is 2. The van der Waals surface area contributed by atoms with E-state index in [-0.39, 0.29) is 0 Å². The zero-order valence-corrected chi connectivity index (χ0v) is 13.2. The van der Waals surface area contributed by atoms with Crippen molar-refractivity contribution in [2.24, 2.45) is 0 Å². The quantitative estimate of drug-likeness (QED) is 0.680. The smallest absolute Gasteiger partial charge is 0.169 e. The van der Waals surface area contributed by atoms with Gasteiger partial charge in [0.2, 0.25) is 0 Å². The van der Waals surface area contributed by atoms with Crippen molar-refractivity contribution in [3.8, 4) is 0 Å². The second-order valence-electron chi connectivity index (χ2n) is 5.24. The highest BCUT2D eigenvalue weighted by Gasteiger charge is 2.19. The Bertz CT molecular complexity index is 490. The Morgan fingerprint density at radius 1 is 1.30 bits per heavy atom. The van der Waals surface area contributed by atoms with E-state index in [4.69, 9.17) is 12.2 Å². The number of benzene rings is 1. The summed E-state index contributed by atoms with van der Waals surface area (Å²) in [5.41, 5.74) is 4.02. The van der Waals surface area contributed by atoms with E-state index >= 15 is 0 Å². The van der Waals surface area contributed by atoms with Crippen molar-refractivity contribution in [2.45, 2.75) is 13.8 Å². The third-order valence-corrected chi connectivity index (χ3v) is 4.06. The summed E-state index contributed by atoms with van der Waals surface area (Å²) in [4.78, 5) is 4.68. The van der Waals surface area contributed by atoms with E-state index in [0.29, 0.717) is 0 Å². The number of thiocarbonyl (C=S) groups is 1. The van der Waals surface area contributed by atoms with Gasteiger partial charge in [0.1, 0.15) is 0 Å². The molecule has 0 atom stereocenters. The van der Waals surface area contributed by atoms with E-state index in [0.717, 1.165) is 37.8 Å². The molecule has 20 heavy (non-hydrogen) atoms. The maximum atomic E-state index is 5.39. The van der Waals surface area contributed by atoms with Gasteiger partial charge >= 0.3 is 0 Å². The van der Waals surface area contributed by atoms with Crippen LogP contribution in [0.5, 0.6) is 0 Å². The van der Waals surface area contributed by atoms with E-state index in [1.807, 2.05) is 6.08 Å². The molecule has 0 spiro atoms. The Hall–Kier alpha value is -1.55. The van der Waals surface area contributed by atoms with Crippen molar-refractivity contribution >= 4 is 23.0 Å². The molecule has 1 fully saturated rings. The van der Waals surface area contributed by atoms with Crippen molar-refractivity contribution in [3.63, 3.8) is 0 Å². The minimum atomic E-state index is 0.732. The molecule has 0 amide bonds. The fraction of sp³-hybridized carbons (Fsp3) is 0.438. The summed E-state index contributed by atoms with van der Waals surface area (Å²) in [6, 6.07) is 6.66. The summed E-state index contributed by atoms with van der Waals surface area (Å²) in [6.07, 6.45) is 1.83. The second-order valence-corrected chi connectivity index (χ2v) is 5.63. The Labute approximate surface area is 127 Å². The van der Waals surface area contributed by atoms with E-state index < -0.39 is 0 Å². The molecule has 0 saturated carbocycles. The molecule has 1 aliphatic rings. The lowest BCUT2D eigenvalue weighted by Gasteiger charge is -2.38. The first-order chi connectivity index (χ1) is 9.61. The maximum Gasteiger partial charge on any atom is 0.169 e. The number of piperazine rings is 1. The molecule has 0 aromatic heterocycles. The van der Waals surface area contributed by atoms with Gasteiger partial charge in [0.05, 0.1) is 0 Å². The molecular formula is C16H23N3S. The van der Waals surface area contributed by atoms with Crippen molar-refractivity contribution in [3.05, 3.63) is 42.0 Å². The van der Waals surface area contributed by atoms with Crippen LogP contribution in [0.1, 0.15) is 11.1 Å². The minimum Gasteiger partial charge on any atom is -0.368 e. The van der Waals surface area contributed by atoms with Crippen LogP contribution in [0, 0.1) is 13.8 Å². The average molecular weight is 289 g/mol. The average Bonchev–Trinajstić information content (AvgIpc) is 2.45. The minimum absolute atomic E-state index is 0.732. The summed E-state index contributed by atoms with van der Waals surface area (Å²) >= 11 is 5.39. The summed E-state index contributed by atoms with van der Waals surface area (Å²) in [5.74, 6) is 0. The molecule has 1 heterocycles. The van der Waals surface area contributed by atoms with E-state index in [1.165, 1.54) is 16.8 Å². The number of rotatable bonds is 3. The third-order valence-electron chi connectivity index (χ3n) is 3.66. The van der Waals surface area contributed by atoms with Gasteiger partial charge in [0, 0.05) is 38.4 Å². The van der Waals surface area contributed by atoms with Crippen LogP contribution in [-0.2, 0) is 0 Å². The first kappa shape index (κ1) is 14.9. The highest BCUT2D eigenvalue weighted by atomic mass is 32.1. The lowest BCUT2D eigenvalue weighted by Crippen LogP contribution is -2.51. The molecule has 0 aliphatic carbocycles. The number of hydrogen-bond donors (Lipinski definition) is 1. The molecule has 2 rings (SSSR count). The van der Waals surface area contributed by atoms with Gasteiger partial charge in [-0.25, -0.2) is 0 Å². The summed E-state index contributed by atoms with van der Waals surface area (Å²) in [7, 11) is 0. The maximum absolute atomic E-state index is 5.39. The largest absolute Gasteiger partial charge is 0.368 e. The standard InChI is InChI=1S/C16H23N3S/c1-4-7-17-16(20)19-10-8-18(9-11-19)15-6-5-13(2)12-14(15)3/h4-6,12H,1,7-11H2,2-3H3,(H,17,20). The molecule has 0 unspecified atom stereocenters. The Balaban J connectivity index is 1.94. The normalized spacial score (nSPS) is 15.1. The molecule has 1 N–H and O–H groups in total. The Morgan fingerprint density at radius 2 is 2.00 bits per heavy atom. The molecule has 0 radical (unpaired) electrons. The fourth-order valence-electron chi connectivity index (χ4n) is 2.58. The number of aryl methyl sites for hydroxylation is 2. The van der Waals surface area contributed by atoms with Gasteiger partial charge in [-0.1, -0.05) is 23.8 Å². The molecule has 3 nitrogen and oxygen atoms in total. The number of hydrogen-bond acceptors (Lipinski definition) is 2. The molecule has 108 valence electrons. The molecule has 1 aliphatic heterocycles. The molecular weight excluding hydrogens is 266 g/mol. The van der Waals surface area contributed by atoms with Crippen LogP contribution < -0.4 is 10.2 Å². The van der Waals surface area contributed by atoms with E-state index in [9.17, 15) is 0 Å². The summed E-state index contributed by atoms with van der Waals surface area (Å²) in [5, 5.41) is 4.03. The highest BCUT2D eigenvalue weighted by molar-refractivity contribution is 7.80. The topological polar surface area (TPSA) is 18.5 Å². The van der Waals surface area contributed by atoms with E-state index in [1.54, 1.807) is 0 Å². The zero-order valence-electron chi connectivity index (χ0n) is 12.4. The van der Waals surface area contributed by atoms with Crippen molar-refractivity contribution in [1.82, 2.24) is 10.2 Å². The predicted octanol–water partition coefficient (Wildman–Crippen LogP) is 2.49. The number of anilines is 1. The van der Waals surface area contributed by atoms with E-state index in [2.05, 4.69) is 53.7 Å². The van der Waals surface area contributed by atoms with Gasteiger partial charge in [-0.05, 0) is 37.7 Å². The van der Waals surface area contributed by atoms with Crippen LogP contribution in [0.15, 0.2) is 30.9 Å². The van der Waals surface area contributed by atoms with Crippen molar-refractivity contribution < 1.29 is 0 Å².